The molecule has 126 valence electrons. The molecule has 2 aromatic rings. The first-order valence-corrected chi connectivity index (χ1v) is 8.66. The average Bonchev–Trinajstić information content (AvgIpc) is 3.00. The second-order valence-electron chi connectivity index (χ2n) is 6.75. The quantitative estimate of drug-likeness (QED) is 0.866. The number of nitrogens with zero attached hydrogens (tertiary/aromatic N) is 4. The highest BCUT2D eigenvalue weighted by Gasteiger charge is 2.40. The van der Waals surface area contributed by atoms with Gasteiger partial charge >= 0.3 is 0 Å². The number of anilines is 1. The second kappa shape index (κ2) is 6.49. The Morgan fingerprint density at radius 1 is 1.12 bits per heavy atom. The number of rotatable bonds is 3. The van der Waals surface area contributed by atoms with Crippen LogP contribution in [-0.2, 0) is 11.3 Å². The van der Waals surface area contributed by atoms with Crippen molar-refractivity contribution in [3.05, 3.63) is 53.5 Å². The normalized spacial score (nSPS) is 24.2. The molecule has 1 aromatic carbocycles. The number of hydrogen-bond acceptors (Lipinski definition) is 5. The molecule has 0 saturated carbocycles. The minimum Gasteiger partial charge on any atom is -0.373 e. The van der Waals surface area contributed by atoms with E-state index in [1.807, 2.05) is 13.8 Å². The van der Waals surface area contributed by atoms with Gasteiger partial charge in [-0.2, -0.15) is 0 Å². The summed E-state index contributed by atoms with van der Waals surface area (Å²) in [5, 5.41) is 0. The lowest BCUT2D eigenvalue weighted by atomic mass is 10.1. The van der Waals surface area contributed by atoms with Crippen LogP contribution >= 0.6 is 0 Å². The zero-order valence-corrected chi connectivity index (χ0v) is 14.4. The lowest BCUT2D eigenvalue weighted by molar-refractivity contribution is -0.0499. The van der Waals surface area contributed by atoms with Gasteiger partial charge in [-0.15, -0.1) is 0 Å². The van der Waals surface area contributed by atoms with Gasteiger partial charge < -0.3 is 9.64 Å². The summed E-state index contributed by atoms with van der Waals surface area (Å²) in [6.07, 6.45) is 0.262. The summed E-state index contributed by atoms with van der Waals surface area (Å²) in [6, 6.07) is 13.2. The predicted molar refractivity (Wildman–Crippen MR) is 94.1 cm³/mol. The lowest BCUT2D eigenvalue weighted by Crippen LogP contribution is -2.50. The van der Waals surface area contributed by atoms with Gasteiger partial charge in [-0.05, 0) is 19.4 Å². The van der Waals surface area contributed by atoms with Crippen molar-refractivity contribution >= 4 is 5.82 Å². The van der Waals surface area contributed by atoms with Crippen molar-refractivity contribution in [2.45, 2.75) is 32.5 Å². The SMILES string of the molecule is Cc1cc(N2C[C@@H]3OCCN(Cc4ccccc4)[C@H]3C2)nc(C)n1. The molecule has 2 saturated heterocycles. The van der Waals surface area contributed by atoms with Crippen LogP contribution in [0.3, 0.4) is 0 Å². The predicted octanol–water partition coefficient (Wildman–Crippen LogP) is 2.18. The number of ether oxygens (including phenoxy) is 1. The highest BCUT2D eigenvalue weighted by atomic mass is 16.5. The van der Waals surface area contributed by atoms with Crippen LogP contribution in [0.2, 0.25) is 0 Å². The van der Waals surface area contributed by atoms with Gasteiger partial charge in [0.15, 0.2) is 0 Å². The van der Waals surface area contributed by atoms with Gasteiger partial charge in [-0.3, -0.25) is 4.90 Å². The van der Waals surface area contributed by atoms with E-state index in [1.54, 1.807) is 0 Å². The Morgan fingerprint density at radius 3 is 2.75 bits per heavy atom. The average molecular weight is 324 g/mol. The first kappa shape index (κ1) is 15.5. The monoisotopic (exact) mass is 324 g/mol. The van der Waals surface area contributed by atoms with Crippen LogP contribution in [0.1, 0.15) is 17.1 Å². The number of aromatic nitrogens is 2. The fraction of sp³-hybridized carbons (Fsp3) is 0.474. The molecule has 0 aliphatic carbocycles. The molecule has 0 unspecified atom stereocenters. The van der Waals surface area contributed by atoms with Crippen molar-refractivity contribution in [2.24, 2.45) is 0 Å². The molecule has 2 aliphatic heterocycles. The van der Waals surface area contributed by atoms with E-state index in [4.69, 9.17) is 4.74 Å². The van der Waals surface area contributed by atoms with Gasteiger partial charge in [-0.25, -0.2) is 9.97 Å². The summed E-state index contributed by atoms with van der Waals surface area (Å²) in [5.74, 6) is 1.86. The molecular formula is C19H24N4O. The number of morpholine rings is 1. The van der Waals surface area contributed by atoms with Gasteiger partial charge in [0.25, 0.3) is 0 Å². The van der Waals surface area contributed by atoms with E-state index >= 15 is 0 Å². The number of aryl methyl sites for hydroxylation is 2. The Hall–Kier alpha value is -1.98. The minimum atomic E-state index is 0.262. The Morgan fingerprint density at radius 2 is 1.96 bits per heavy atom. The van der Waals surface area contributed by atoms with Gasteiger partial charge in [-0.1, -0.05) is 30.3 Å². The van der Waals surface area contributed by atoms with Crippen molar-refractivity contribution in [1.29, 1.82) is 0 Å². The maximum atomic E-state index is 6.06. The molecule has 5 heteroatoms. The zero-order chi connectivity index (χ0) is 16.5. The minimum absolute atomic E-state index is 0.262. The third kappa shape index (κ3) is 3.14. The Bertz CT molecular complexity index is 686. The largest absolute Gasteiger partial charge is 0.373 e. The summed E-state index contributed by atoms with van der Waals surface area (Å²) in [6.45, 7) is 8.65. The van der Waals surface area contributed by atoms with Crippen molar-refractivity contribution < 1.29 is 4.74 Å². The zero-order valence-electron chi connectivity index (χ0n) is 14.4. The van der Waals surface area contributed by atoms with Crippen molar-refractivity contribution in [2.75, 3.05) is 31.1 Å². The summed E-state index contributed by atoms with van der Waals surface area (Å²) in [7, 11) is 0. The molecule has 0 amide bonds. The van der Waals surface area contributed by atoms with Crippen LogP contribution in [0.4, 0.5) is 5.82 Å². The van der Waals surface area contributed by atoms with Crippen LogP contribution in [0.5, 0.6) is 0 Å². The van der Waals surface area contributed by atoms with Gasteiger partial charge in [0, 0.05) is 37.9 Å². The summed E-state index contributed by atoms with van der Waals surface area (Å²) < 4.78 is 6.06. The molecule has 0 bridgehead atoms. The molecule has 3 heterocycles. The summed E-state index contributed by atoms with van der Waals surface area (Å²) >= 11 is 0. The summed E-state index contributed by atoms with van der Waals surface area (Å²) in [4.78, 5) is 13.9. The maximum absolute atomic E-state index is 6.06. The Kier molecular flexibility index (Phi) is 4.21. The Balaban J connectivity index is 1.51. The van der Waals surface area contributed by atoms with Crippen molar-refractivity contribution in [3.8, 4) is 0 Å². The third-order valence-corrected chi connectivity index (χ3v) is 4.92. The fourth-order valence-electron chi connectivity index (χ4n) is 3.82. The van der Waals surface area contributed by atoms with E-state index in [1.165, 1.54) is 5.56 Å². The smallest absolute Gasteiger partial charge is 0.132 e. The lowest BCUT2D eigenvalue weighted by Gasteiger charge is -2.36. The van der Waals surface area contributed by atoms with Gasteiger partial charge in [0.2, 0.25) is 0 Å². The van der Waals surface area contributed by atoms with Gasteiger partial charge in [0.05, 0.1) is 18.8 Å². The fourth-order valence-corrected chi connectivity index (χ4v) is 3.82. The van der Waals surface area contributed by atoms with Crippen LogP contribution in [0.15, 0.2) is 36.4 Å². The molecule has 1 aromatic heterocycles. The first-order valence-electron chi connectivity index (χ1n) is 8.66. The molecule has 2 atom stereocenters. The van der Waals surface area contributed by atoms with Crippen molar-refractivity contribution in [3.63, 3.8) is 0 Å². The third-order valence-electron chi connectivity index (χ3n) is 4.92. The number of benzene rings is 1. The molecule has 0 N–H and O–H groups in total. The molecule has 24 heavy (non-hydrogen) atoms. The Labute approximate surface area is 143 Å². The molecule has 0 spiro atoms. The number of hydrogen-bond donors (Lipinski definition) is 0. The van der Waals surface area contributed by atoms with Crippen molar-refractivity contribution in [1.82, 2.24) is 14.9 Å². The van der Waals surface area contributed by atoms with Crippen LogP contribution in [0, 0.1) is 13.8 Å². The van der Waals surface area contributed by atoms with Crippen LogP contribution < -0.4 is 4.90 Å². The molecule has 5 nitrogen and oxygen atoms in total. The standard InChI is InChI=1S/C19H24N4O/c1-14-10-19(21-15(2)20-14)23-12-17-18(13-23)24-9-8-22(17)11-16-6-4-3-5-7-16/h3-7,10,17-18H,8-9,11-13H2,1-2H3/t17-,18-/m0/s1. The highest BCUT2D eigenvalue weighted by molar-refractivity contribution is 5.42. The highest BCUT2D eigenvalue weighted by Crippen LogP contribution is 2.27. The topological polar surface area (TPSA) is 41.5 Å². The molecule has 2 fully saturated rings. The second-order valence-corrected chi connectivity index (χ2v) is 6.75. The maximum Gasteiger partial charge on any atom is 0.132 e. The number of fused-ring (bicyclic) bond motifs is 1. The first-order chi connectivity index (χ1) is 11.7. The molecule has 4 rings (SSSR count). The molecular weight excluding hydrogens is 300 g/mol. The van der Waals surface area contributed by atoms with Crippen LogP contribution in [-0.4, -0.2) is 53.3 Å². The van der Waals surface area contributed by atoms with Gasteiger partial charge in [0.1, 0.15) is 11.6 Å². The summed E-state index contributed by atoms with van der Waals surface area (Å²) in [5.41, 5.74) is 2.39. The molecule has 2 aliphatic rings. The van der Waals surface area contributed by atoms with E-state index in [0.717, 1.165) is 50.1 Å². The van der Waals surface area contributed by atoms with E-state index in [9.17, 15) is 0 Å². The van der Waals surface area contributed by atoms with E-state index in [-0.39, 0.29) is 6.10 Å². The van der Waals surface area contributed by atoms with Crippen LogP contribution in [0.25, 0.3) is 0 Å². The van der Waals surface area contributed by atoms with E-state index in [2.05, 4.69) is 56.2 Å². The van der Waals surface area contributed by atoms with E-state index in [0.29, 0.717) is 6.04 Å². The molecule has 0 radical (unpaired) electrons. The van der Waals surface area contributed by atoms with E-state index < -0.39 is 0 Å².